The summed E-state index contributed by atoms with van der Waals surface area (Å²) in [5.41, 5.74) is 2.88. The Hall–Kier alpha value is -2.16. The first-order valence-corrected chi connectivity index (χ1v) is 10.2. The molecule has 2 aromatic heterocycles. The molecule has 2 aromatic carbocycles. The van der Waals surface area contributed by atoms with Gasteiger partial charge in [0.2, 0.25) is 0 Å². The van der Waals surface area contributed by atoms with Gasteiger partial charge in [0.1, 0.15) is 0 Å². The van der Waals surface area contributed by atoms with Crippen molar-refractivity contribution in [1.82, 2.24) is 9.97 Å². The number of thiazole rings is 2. The molecule has 0 unspecified atom stereocenters. The van der Waals surface area contributed by atoms with Gasteiger partial charge in [0, 0.05) is 27.5 Å². The van der Waals surface area contributed by atoms with E-state index >= 15 is 0 Å². The zero-order chi connectivity index (χ0) is 18.1. The molecule has 0 saturated heterocycles. The van der Waals surface area contributed by atoms with Crippen LogP contribution in [0, 0.1) is 0 Å². The quantitative estimate of drug-likeness (QED) is 0.409. The number of benzene rings is 2. The minimum Gasteiger partial charge on any atom is -0.493 e. The highest BCUT2D eigenvalue weighted by atomic mass is 79.9. The normalized spacial score (nSPS) is 10.9. The van der Waals surface area contributed by atoms with Crippen LogP contribution in [-0.4, -0.2) is 24.2 Å². The largest absolute Gasteiger partial charge is 0.493 e. The van der Waals surface area contributed by atoms with Crippen LogP contribution in [0.15, 0.2) is 46.3 Å². The van der Waals surface area contributed by atoms with E-state index in [0.29, 0.717) is 11.5 Å². The molecule has 2 heterocycles. The summed E-state index contributed by atoms with van der Waals surface area (Å²) < 4.78 is 12.8. The number of anilines is 2. The number of nitrogens with zero attached hydrogens (tertiary/aromatic N) is 2. The fourth-order valence-corrected chi connectivity index (χ4v) is 4.41. The third-order valence-corrected chi connectivity index (χ3v) is 5.97. The molecule has 4 rings (SSSR count). The zero-order valence-corrected chi connectivity index (χ0v) is 17.2. The van der Waals surface area contributed by atoms with Gasteiger partial charge in [0.05, 0.1) is 30.1 Å². The fraction of sp³-hybridized carbons (Fsp3) is 0.111. The summed E-state index contributed by atoms with van der Waals surface area (Å²) in [6.07, 6.45) is 0. The van der Waals surface area contributed by atoms with E-state index < -0.39 is 0 Å². The van der Waals surface area contributed by atoms with E-state index in [0.717, 1.165) is 36.2 Å². The molecule has 0 spiro atoms. The monoisotopic (exact) mass is 447 g/mol. The predicted octanol–water partition coefficient (Wildman–Crippen LogP) is 5.94. The van der Waals surface area contributed by atoms with Crippen molar-refractivity contribution in [1.29, 1.82) is 0 Å². The van der Waals surface area contributed by atoms with Crippen LogP contribution in [-0.2, 0) is 0 Å². The lowest BCUT2D eigenvalue weighted by molar-refractivity contribution is 0.356. The molecule has 0 aliphatic rings. The fourth-order valence-electron chi connectivity index (χ4n) is 2.48. The summed E-state index contributed by atoms with van der Waals surface area (Å²) in [6, 6.07) is 11.9. The molecule has 1 N–H and O–H groups in total. The Kier molecular flexibility index (Phi) is 4.80. The van der Waals surface area contributed by atoms with Crippen molar-refractivity contribution >= 4 is 59.1 Å². The predicted molar refractivity (Wildman–Crippen MR) is 111 cm³/mol. The van der Waals surface area contributed by atoms with Crippen LogP contribution >= 0.6 is 38.6 Å². The Morgan fingerprint density at radius 2 is 1.69 bits per heavy atom. The molecule has 0 amide bonds. The van der Waals surface area contributed by atoms with Crippen LogP contribution in [0.4, 0.5) is 10.3 Å². The van der Waals surface area contributed by atoms with Gasteiger partial charge in [-0.05, 0) is 12.1 Å². The number of nitrogens with one attached hydrogen (secondary N) is 1. The Balaban J connectivity index is 1.60. The Morgan fingerprint density at radius 1 is 0.962 bits per heavy atom. The molecule has 0 aliphatic carbocycles. The number of hydrogen-bond acceptors (Lipinski definition) is 7. The van der Waals surface area contributed by atoms with Gasteiger partial charge in [-0.15, -0.1) is 11.3 Å². The first-order chi connectivity index (χ1) is 12.7. The summed E-state index contributed by atoms with van der Waals surface area (Å²) in [4.78, 5) is 9.27. The number of aromatic nitrogens is 2. The van der Waals surface area contributed by atoms with Crippen molar-refractivity contribution in [2.45, 2.75) is 0 Å². The molecule has 4 aromatic rings. The maximum Gasteiger partial charge on any atom is 0.190 e. The highest BCUT2D eigenvalue weighted by Gasteiger charge is 2.12. The van der Waals surface area contributed by atoms with E-state index in [1.54, 1.807) is 36.9 Å². The molecule has 0 radical (unpaired) electrons. The Bertz CT molecular complexity index is 1020. The summed E-state index contributed by atoms with van der Waals surface area (Å²) in [6.45, 7) is 0. The molecule has 132 valence electrons. The highest BCUT2D eigenvalue weighted by Crippen LogP contribution is 2.37. The Morgan fingerprint density at radius 3 is 2.42 bits per heavy atom. The second kappa shape index (κ2) is 7.22. The van der Waals surface area contributed by atoms with Gasteiger partial charge in [-0.25, -0.2) is 9.97 Å². The molecular weight excluding hydrogens is 434 g/mol. The molecular formula is C18H14BrN3O2S2. The summed E-state index contributed by atoms with van der Waals surface area (Å²) in [5.74, 6) is 1.37. The first-order valence-electron chi connectivity index (χ1n) is 7.67. The number of hydrogen-bond donors (Lipinski definition) is 1. The summed E-state index contributed by atoms with van der Waals surface area (Å²) >= 11 is 6.55. The van der Waals surface area contributed by atoms with Gasteiger partial charge in [-0.2, -0.15) is 0 Å². The van der Waals surface area contributed by atoms with E-state index in [9.17, 15) is 0 Å². The van der Waals surface area contributed by atoms with Gasteiger partial charge >= 0.3 is 0 Å². The molecule has 5 nitrogen and oxygen atoms in total. The average Bonchev–Trinajstić information content (AvgIpc) is 3.27. The average molecular weight is 448 g/mol. The number of rotatable bonds is 5. The first kappa shape index (κ1) is 17.3. The van der Waals surface area contributed by atoms with Crippen LogP contribution < -0.4 is 14.8 Å². The lowest BCUT2D eigenvalue weighted by Gasteiger charge is -2.05. The summed E-state index contributed by atoms with van der Waals surface area (Å²) in [7, 11) is 3.25. The van der Waals surface area contributed by atoms with Crippen LogP contribution in [0.3, 0.4) is 0 Å². The second-order valence-electron chi connectivity index (χ2n) is 5.36. The van der Waals surface area contributed by atoms with Crippen LogP contribution in [0.5, 0.6) is 11.5 Å². The number of fused-ring (bicyclic) bond motifs is 1. The van der Waals surface area contributed by atoms with Crippen molar-refractivity contribution in [3.05, 3.63) is 46.3 Å². The van der Waals surface area contributed by atoms with E-state index in [2.05, 4.69) is 31.2 Å². The van der Waals surface area contributed by atoms with E-state index in [1.165, 1.54) is 0 Å². The molecule has 0 bridgehead atoms. The van der Waals surface area contributed by atoms with Crippen LogP contribution in [0.2, 0.25) is 0 Å². The van der Waals surface area contributed by atoms with Gasteiger partial charge < -0.3 is 14.8 Å². The SMILES string of the molecule is COc1cc2nc(Nc3nc(-c4ccc(Br)cc4)cs3)sc2cc1OC. The number of methoxy groups -OCH3 is 2. The van der Waals surface area contributed by atoms with Crippen molar-refractivity contribution in [3.63, 3.8) is 0 Å². The molecule has 0 aliphatic heterocycles. The second-order valence-corrected chi connectivity index (χ2v) is 8.17. The maximum absolute atomic E-state index is 5.35. The topological polar surface area (TPSA) is 56.3 Å². The molecule has 8 heteroatoms. The van der Waals surface area contributed by atoms with Gasteiger partial charge in [0.25, 0.3) is 0 Å². The van der Waals surface area contributed by atoms with Crippen molar-refractivity contribution < 1.29 is 9.47 Å². The lowest BCUT2D eigenvalue weighted by atomic mass is 10.2. The third kappa shape index (κ3) is 3.40. The molecule has 26 heavy (non-hydrogen) atoms. The van der Waals surface area contributed by atoms with Gasteiger partial charge in [-0.1, -0.05) is 39.4 Å². The van der Waals surface area contributed by atoms with Crippen molar-refractivity contribution in [3.8, 4) is 22.8 Å². The van der Waals surface area contributed by atoms with Crippen molar-refractivity contribution in [2.75, 3.05) is 19.5 Å². The minimum atomic E-state index is 0.670. The van der Waals surface area contributed by atoms with E-state index in [-0.39, 0.29) is 0 Å². The Labute approximate surface area is 166 Å². The van der Waals surface area contributed by atoms with Gasteiger partial charge in [-0.3, -0.25) is 0 Å². The third-order valence-electron chi connectivity index (χ3n) is 3.75. The highest BCUT2D eigenvalue weighted by molar-refractivity contribution is 9.10. The van der Waals surface area contributed by atoms with Crippen molar-refractivity contribution in [2.24, 2.45) is 0 Å². The molecule has 0 fully saturated rings. The van der Waals surface area contributed by atoms with Crippen LogP contribution in [0.25, 0.3) is 21.5 Å². The molecule has 0 saturated carbocycles. The molecule has 0 atom stereocenters. The number of ether oxygens (including phenoxy) is 2. The van der Waals surface area contributed by atoms with Gasteiger partial charge in [0.15, 0.2) is 21.8 Å². The zero-order valence-electron chi connectivity index (χ0n) is 13.9. The standard InChI is InChI=1S/C18H14BrN3O2S2/c1-23-14-7-12-16(8-15(14)24-2)26-18(20-12)22-17-21-13(9-25-17)10-3-5-11(19)6-4-10/h3-9H,1-2H3,(H,20,21,22). The van der Waals surface area contributed by atoms with E-state index in [4.69, 9.17) is 9.47 Å². The van der Waals surface area contributed by atoms with Crippen LogP contribution in [0.1, 0.15) is 0 Å². The maximum atomic E-state index is 5.35. The minimum absolute atomic E-state index is 0.670. The summed E-state index contributed by atoms with van der Waals surface area (Å²) in [5, 5.41) is 6.92. The smallest absolute Gasteiger partial charge is 0.190 e. The number of halogens is 1. The lowest BCUT2D eigenvalue weighted by Crippen LogP contribution is -1.90. The van der Waals surface area contributed by atoms with E-state index in [1.807, 2.05) is 41.8 Å².